The van der Waals surface area contributed by atoms with E-state index in [2.05, 4.69) is 25.7 Å². The minimum atomic E-state index is -3.98. The Bertz CT molecular complexity index is 1660. The molecule has 0 unspecified atom stereocenters. The number of pyridine rings is 1. The van der Waals surface area contributed by atoms with Gasteiger partial charge in [0.1, 0.15) is 0 Å². The molecule has 3 saturated carbocycles. The van der Waals surface area contributed by atoms with Crippen LogP contribution in [0.1, 0.15) is 96.8 Å². The largest absolute Gasteiger partial charge is 0.447 e. The van der Waals surface area contributed by atoms with Crippen LogP contribution in [-0.4, -0.2) is 47.7 Å². The number of hydrogen-bond acceptors (Lipinski definition) is 8. The zero-order chi connectivity index (χ0) is 33.3. The summed E-state index contributed by atoms with van der Waals surface area (Å²) in [6, 6.07) is 9.56. The van der Waals surface area contributed by atoms with E-state index in [1.807, 2.05) is 32.9 Å². The number of carbonyl (C=O) groups is 2. The summed E-state index contributed by atoms with van der Waals surface area (Å²) < 4.78 is 35.6. The van der Waals surface area contributed by atoms with Crippen molar-refractivity contribution < 1.29 is 22.7 Å². The summed E-state index contributed by atoms with van der Waals surface area (Å²) in [5.74, 6) is 0. The van der Waals surface area contributed by atoms with Crippen molar-refractivity contribution in [3.05, 3.63) is 59.5 Å². The first-order valence-electron chi connectivity index (χ1n) is 15.7. The minimum Gasteiger partial charge on any atom is -0.447 e. The number of urea groups is 1. The maximum absolute atomic E-state index is 13.8. The van der Waals surface area contributed by atoms with Crippen LogP contribution in [0, 0.1) is 0 Å². The van der Waals surface area contributed by atoms with Crippen molar-refractivity contribution in [1.29, 1.82) is 0 Å². The molecule has 1 atom stereocenters. The summed E-state index contributed by atoms with van der Waals surface area (Å²) >= 11 is 1.51. The number of carbonyl (C=O) groups excluding carboxylic acids is 2. The number of nitrogens with one attached hydrogen (secondary N) is 4. The molecule has 0 saturated heterocycles. The number of rotatable bonds is 9. The van der Waals surface area contributed by atoms with Gasteiger partial charge in [0.05, 0.1) is 32.6 Å². The standard InChI is InChI=1S/C33H44N6O5S2/c1-21(2)44-30(41)38-33-15-12-32(13-16-33,14-17-33)28-35-20-26(45-28)24-11-10-23(19-27(24)46(42,43)39-31(4,5)6)37-29(40)36-22(3)25-9-7-8-18-34-25/h7-11,18-22,39H,12-17H2,1-6H3,(H,38,41)(H2,36,37,40)/t22-,32?,33?/m0/s1. The quantitative estimate of drug-likeness (QED) is 0.199. The molecule has 3 aliphatic rings. The lowest BCUT2D eigenvalue weighted by Crippen LogP contribution is -2.58. The number of aromatic nitrogens is 2. The Morgan fingerprint density at radius 2 is 1.67 bits per heavy atom. The zero-order valence-electron chi connectivity index (χ0n) is 27.3. The van der Waals surface area contributed by atoms with Gasteiger partial charge in [-0.3, -0.25) is 4.98 Å². The summed E-state index contributed by atoms with van der Waals surface area (Å²) in [6.07, 6.45) is 8.04. The van der Waals surface area contributed by atoms with Crippen LogP contribution in [0.3, 0.4) is 0 Å². The predicted molar refractivity (Wildman–Crippen MR) is 179 cm³/mol. The number of sulfonamides is 1. The van der Waals surface area contributed by atoms with E-state index in [-0.39, 0.29) is 34.1 Å². The second kappa shape index (κ2) is 12.9. The van der Waals surface area contributed by atoms with Gasteiger partial charge in [0, 0.05) is 40.1 Å². The van der Waals surface area contributed by atoms with E-state index >= 15 is 0 Å². The Morgan fingerprint density at radius 3 is 2.28 bits per heavy atom. The van der Waals surface area contributed by atoms with Crippen molar-refractivity contribution in [2.45, 2.75) is 114 Å². The molecular formula is C33H44N6O5S2. The Balaban J connectivity index is 1.38. The molecule has 0 aliphatic heterocycles. The molecule has 11 nitrogen and oxygen atoms in total. The van der Waals surface area contributed by atoms with Crippen molar-refractivity contribution in [1.82, 2.24) is 25.3 Å². The van der Waals surface area contributed by atoms with E-state index in [1.165, 1.54) is 17.4 Å². The lowest BCUT2D eigenvalue weighted by molar-refractivity contribution is 0.0560. The first-order chi connectivity index (χ1) is 21.6. The topological polar surface area (TPSA) is 151 Å². The van der Waals surface area contributed by atoms with Gasteiger partial charge < -0.3 is 20.7 Å². The number of hydrogen-bond donors (Lipinski definition) is 4. The van der Waals surface area contributed by atoms with Crippen molar-refractivity contribution in [3.63, 3.8) is 0 Å². The van der Waals surface area contributed by atoms with Gasteiger partial charge in [-0.15, -0.1) is 11.3 Å². The highest BCUT2D eigenvalue weighted by atomic mass is 32.2. The van der Waals surface area contributed by atoms with Crippen LogP contribution in [0.15, 0.2) is 53.7 Å². The first-order valence-corrected chi connectivity index (χ1v) is 18.0. The summed E-state index contributed by atoms with van der Waals surface area (Å²) in [5, 5.41) is 9.75. The average Bonchev–Trinajstić information content (AvgIpc) is 3.48. The Hall–Kier alpha value is -3.55. The van der Waals surface area contributed by atoms with Crippen LogP contribution in [0.4, 0.5) is 15.3 Å². The number of thiazole rings is 1. The summed E-state index contributed by atoms with van der Waals surface area (Å²) in [5.41, 5.74) is 0.478. The molecule has 1 aromatic carbocycles. The number of ether oxygens (including phenoxy) is 1. The third-order valence-corrected chi connectivity index (χ3v) is 11.7. The second-order valence-corrected chi connectivity index (χ2v) is 16.5. The Kier molecular flexibility index (Phi) is 9.49. The van der Waals surface area contributed by atoms with Gasteiger partial charge in [0.25, 0.3) is 0 Å². The molecule has 46 heavy (non-hydrogen) atoms. The van der Waals surface area contributed by atoms with Crippen molar-refractivity contribution in [2.75, 3.05) is 5.32 Å². The number of anilines is 1. The molecule has 2 heterocycles. The van der Waals surface area contributed by atoms with Gasteiger partial charge in [0.15, 0.2) is 0 Å². The zero-order valence-corrected chi connectivity index (χ0v) is 28.9. The van der Waals surface area contributed by atoms with E-state index in [0.29, 0.717) is 16.9 Å². The van der Waals surface area contributed by atoms with E-state index in [1.54, 1.807) is 51.4 Å². The number of benzene rings is 1. The van der Waals surface area contributed by atoms with Gasteiger partial charge in [-0.2, -0.15) is 0 Å². The molecule has 3 fully saturated rings. The van der Waals surface area contributed by atoms with Gasteiger partial charge in [-0.1, -0.05) is 12.1 Å². The van der Waals surface area contributed by atoms with Crippen LogP contribution in [0.2, 0.25) is 0 Å². The van der Waals surface area contributed by atoms with Crippen molar-refractivity contribution in [2.24, 2.45) is 0 Å². The normalized spacial score (nSPS) is 21.9. The Morgan fingerprint density at radius 1 is 0.978 bits per heavy atom. The highest BCUT2D eigenvalue weighted by Gasteiger charge is 2.51. The van der Waals surface area contributed by atoms with Crippen LogP contribution in [0.5, 0.6) is 0 Å². The predicted octanol–water partition coefficient (Wildman–Crippen LogP) is 6.64. The number of alkyl carbamates (subject to hydrolysis) is 1. The number of amides is 3. The SMILES string of the molecule is CC(C)OC(=O)NC12CCC(c3ncc(-c4ccc(NC(=O)N[C@@H](C)c5ccccn5)cc4S(=O)(=O)NC(C)(C)C)s3)(CC1)CC2. The molecule has 4 N–H and O–H groups in total. The molecule has 3 aromatic rings. The maximum atomic E-state index is 13.8. The molecule has 248 valence electrons. The third kappa shape index (κ3) is 7.69. The fraction of sp³-hybridized carbons (Fsp3) is 0.515. The monoisotopic (exact) mass is 668 g/mol. The van der Waals surface area contributed by atoms with Crippen LogP contribution >= 0.6 is 11.3 Å². The van der Waals surface area contributed by atoms with Gasteiger partial charge >= 0.3 is 12.1 Å². The molecule has 0 radical (unpaired) electrons. The molecule has 2 aromatic heterocycles. The molecule has 2 bridgehead atoms. The number of nitrogens with zero attached hydrogens (tertiary/aromatic N) is 2. The molecule has 3 aliphatic carbocycles. The lowest BCUT2D eigenvalue weighted by atomic mass is 9.57. The first kappa shape index (κ1) is 33.8. The van der Waals surface area contributed by atoms with Crippen LogP contribution in [-0.2, 0) is 20.2 Å². The summed E-state index contributed by atoms with van der Waals surface area (Å²) in [6.45, 7) is 10.9. The lowest BCUT2D eigenvalue weighted by Gasteiger charge is -2.52. The van der Waals surface area contributed by atoms with Crippen molar-refractivity contribution >= 4 is 39.2 Å². The molecule has 0 spiro atoms. The molecular weight excluding hydrogens is 625 g/mol. The van der Waals surface area contributed by atoms with Crippen LogP contribution in [0.25, 0.3) is 10.4 Å². The smallest absolute Gasteiger partial charge is 0.407 e. The fourth-order valence-electron chi connectivity index (χ4n) is 6.35. The average molecular weight is 669 g/mol. The number of fused-ring (bicyclic) bond motifs is 3. The van der Waals surface area contributed by atoms with E-state index in [4.69, 9.17) is 9.72 Å². The molecule has 6 rings (SSSR count). The summed E-state index contributed by atoms with van der Waals surface area (Å²) in [4.78, 5) is 35.2. The highest BCUT2D eigenvalue weighted by molar-refractivity contribution is 7.89. The Labute approximate surface area is 275 Å². The molecule has 13 heteroatoms. The molecule has 3 amide bonds. The van der Waals surface area contributed by atoms with Crippen LogP contribution < -0.4 is 20.7 Å². The van der Waals surface area contributed by atoms with Crippen molar-refractivity contribution in [3.8, 4) is 10.4 Å². The third-order valence-electron chi connectivity index (χ3n) is 8.63. The van der Waals surface area contributed by atoms with Gasteiger partial charge in [-0.25, -0.2) is 27.7 Å². The minimum absolute atomic E-state index is 0.0601. The fourth-order valence-corrected chi connectivity index (χ4v) is 9.31. The second-order valence-electron chi connectivity index (χ2n) is 13.8. The van der Waals surface area contributed by atoms with E-state index in [0.717, 1.165) is 48.4 Å². The van der Waals surface area contributed by atoms with Gasteiger partial charge in [0.2, 0.25) is 10.0 Å². The van der Waals surface area contributed by atoms with E-state index in [9.17, 15) is 18.0 Å². The van der Waals surface area contributed by atoms with Gasteiger partial charge in [-0.05, 0) is 104 Å². The highest BCUT2D eigenvalue weighted by Crippen LogP contribution is 2.55. The van der Waals surface area contributed by atoms with E-state index < -0.39 is 21.6 Å². The maximum Gasteiger partial charge on any atom is 0.407 e. The summed E-state index contributed by atoms with van der Waals surface area (Å²) in [7, 11) is -3.98.